The number of benzene rings is 1. The lowest BCUT2D eigenvalue weighted by Gasteiger charge is -2.32. The number of aryl methyl sites for hydroxylation is 1. The van der Waals surface area contributed by atoms with E-state index in [-0.39, 0.29) is 12.1 Å². The minimum atomic E-state index is -0.537. The molecule has 2 fully saturated rings. The maximum Gasteiger partial charge on any atom is 0.494 e. The summed E-state index contributed by atoms with van der Waals surface area (Å²) in [7, 11) is -0.537. The highest BCUT2D eigenvalue weighted by Gasteiger charge is 2.52. The van der Waals surface area contributed by atoms with Crippen molar-refractivity contribution in [3.63, 3.8) is 0 Å². The van der Waals surface area contributed by atoms with E-state index in [0.29, 0.717) is 24.8 Å². The fraction of sp³-hybridized carbons (Fsp3) is 0.538. The molecule has 0 radical (unpaired) electrons. The van der Waals surface area contributed by atoms with Crippen molar-refractivity contribution in [3.05, 3.63) is 42.0 Å². The molecule has 36 heavy (non-hydrogen) atoms. The van der Waals surface area contributed by atoms with Gasteiger partial charge in [-0.2, -0.15) is 10.2 Å². The van der Waals surface area contributed by atoms with Gasteiger partial charge in [0.1, 0.15) is 29.5 Å². The summed E-state index contributed by atoms with van der Waals surface area (Å²) in [5.41, 5.74) is 2.39. The Bertz CT molecular complexity index is 1210. The van der Waals surface area contributed by atoms with Gasteiger partial charge in [-0.15, -0.1) is 0 Å². The van der Waals surface area contributed by atoms with Crippen LogP contribution in [0, 0.1) is 6.92 Å². The zero-order valence-electron chi connectivity index (χ0n) is 21.9. The Morgan fingerprint density at radius 1 is 1.03 bits per heavy atom. The first kappa shape index (κ1) is 24.9. The average molecular weight is 491 g/mol. The van der Waals surface area contributed by atoms with Crippen molar-refractivity contribution in [3.8, 4) is 5.75 Å². The smallest absolute Gasteiger partial charge is 0.488 e. The number of nitrogens with one attached hydrogen (secondary N) is 1. The van der Waals surface area contributed by atoms with E-state index in [1.165, 1.54) is 0 Å². The minimum absolute atomic E-state index is 0.0589. The molecule has 0 spiro atoms. The quantitative estimate of drug-likeness (QED) is 0.517. The van der Waals surface area contributed by atoms with Crippen LogP contribution >= 0.6 is 0 Å². The summed E-state index contributed by atoms with van der Waals surface area (Å²) in [6.45, 7) is 13.5. The average Bonchev–Trinajstić information content (AvgIpc) is 3.07. The van der Waals surface area contributed by atoms with Crippen LogP contribution in [0.3, 0.4) is 0 Å². The van der Waals surface area contributed by atoms with E-state index in [2.05, 4.69) is 25.5 Å². The van der Waals surface area contributed by atoms with Crippen molar-refractivity contribution in [1.82, 2.24) is 20.2 Å². The van der Waals surface area contributed by atoms with E-state index in [9.17, 15) is 0 Å². The minimum Gasteiger partial charge on any atom is -0.488 e. The fourth-order valence-electron chi connectivity index (χ4n) is 4.37. The Hall–Kier alpha value is -2.82. The van der Waals surface area contributed by atoms with Crippen LogP contribution in [-0.2, 0) is 14.0 Å². The fourth-order valence-corrected chi connectivity index (χ4v) is 4.37. The van der Waals surface area contributed by atoms with Gasteiger partial charge >= 0.3 is 7.12 Å². The molecular formula is C26H34BN5O4. The highest BCUT2D eigenvalue weighted by atomic mass is 16.7. The molecule has 0 unspecified atom stereocenters. The molecule has 0 aliphatic carbocycles. The number of nitrogens with zero attached hydrogens (tertiary/aromatic N) is 4. The normalized spacial score (nSPS) is 20.4. The number of hydrogen-bond donors (Lipinski definition) is 1. The molecule has 1 atom stereocenters. The molecule has 2 saturated heterocycles. The molecular weight excluding hydrogens is 457 g/mol. The summed E-state index contributed by atoms with van der Waals surface area (Å²) in [6, 6.07) is 7.83. The van der Waals surface area contributed by atoms with E-state index < -0.39 is 18.3 Å². The summed E-state index contributed by atoms with van der Waals surface area (Å²) < 4.78 is 24.8. The van der Waals surface area contributed by atoms with Crippen molar-refractivity contribution in [2.24, 2.45) is 0 Å². The van der Waals surface area contributed by atoms with Crippen LogP contribution in [0.5, 0.6) is 5.75 Å². The molecule has 1 aromatic carbocycles. The summed E-state index contributed by atoms with van der Waals surface area (Å²) in [5.74, 6) is 1.38. The Labute approximate surface area is 212 Å². The largest absolute Gasteiger partial charge is 0.494 e. The molecule has 190 valence electrons. The van der Waals surface area contributed by atoms with Crippen molar-refractivity contribution >= 4 is 29.3 Å². The lowest BCUT2D eigenvalue weighted by Crippen LogP contribution is -2.41. The first-order valence-electron chi connectivity index (χ1n) is 12.6. The highest BCUT2D eigenvalue weighted by molar-refractivity contribution is 6.62. The van der Waals surface area contributed by atoms with Gasteiger partial charge in [0, 0.05) is 18.2 Å². The maximum atomic E-state index is 6.50. The van der Waals surface area contributed by atoms with Gasteiger partial charge in [0.2, 0.25) is 0 Å². The van der Waals surface area contributed by atoms with Gasteiger partial charge < -0.3 is 24.1 Å². The van der Waals surface area contributed by atoms with Crippen LogP contribution in [0.4, 0.5) is 5.82 Å². The molecule has 1 N–H and O–H groups in total. The number of aromatic nitrogens is 4. The molecule has 0 bridgehead atoms. The third kappa shape index (κ3) is 4.90. The second-order valence-corrected chi connectivity index (χ2v) is 10.6. The third-order valence-electron chi connectivity index (χ3n) is 7.33. The van der Waals surface area contributed by atoms with Crippen LogP contribution in [0.15, 0.2) is 30.6 Å². The van der Waals surface area contributed by atoms with E-state index in [4.69, 9.17) is 18.8 Å². The first-order valence-corrected chi connectivity index (χ1v) is 12.6. The zero-order valence-corrected chi connectivity index (χ0v) is 21.9. The van der Waals surface area contributed by atoms with Gasteiger partial charge in [0.15, 0.2) is 0 Å². The molecule has 2 aromatic heterocycles. The van der Waals surface area contributed by atoms with E-state index in [1.54, 1.807) is 6.33 Å². The first-order chi connectivity index (χ1) is 17.1. The third-order valence-corrected chi connectivity index (χ3v) is 7.33. The highest BCUT2D eigenvalue weighted by Crippen LogP contribution is 2.38. The molecule has 0 amide bonds. The molecule has 4 heterocycles. The number of anilines is 1. The molecule has 2 aliphatic heterocycles. The predicted octanol–water partition coefficient (Wildman–Crippen LogP) is 3.76. The van der Waals surface area contributed by atoms with Gasteiger partial charge in [-0.25, -0.2) is 9.97 Å². The van der Waals surface area contributed by atoms with E-state index in [1.807, 2.05) is 65.8 Å². The molecule has 9 nitrogen and oxygen atoms in total. The predicted molar refractivity (Wildman–Crippen MR) is 139 cm³/mol. The summed E-state index contributed by atoms with van der Waals surface area (Å²) in [6.07, 6.45) is 3.29. The summed E-state index contributed by atoms with van der Waals surface area (Å²) in [5, 5.41) is 12.8. The van der Waals surface area contributed by atoms with Crippen molar-refractivity contribution in [2.45, 2.75) is 77.7 Å². The summed E-state index contributed by atoms with van der Waals surface area (Å²) >= 11 is 0. The maximum absolute atomic E-state index is 6.50. The van der Waals surface area contributed by atoms with Crippen LogP contribution in [0.25, 0.3) is 10.9 Å². The van der Waals surface area contributed by atoms with Crippen molar-refractivity contribution < 1.29 is 18.8 Å². The Morgan fingerprint density at radius 2 is 1.75 bits per heavy atom. The van der Waals surface area contributed by atoms with Crippen molar-refractivity contribution in [1.29, 1.82) is 0 Å². The number of rotatable bonds is 6. The monoisotopic (exact) mass is 491 g/mol. The molecule has 2 aliphatic rings. The molecule has 0 saturated carbocycles. The van der Waals surface area contributed by atoms with Crippen molar-refractivity contribution in [2.75, 3.05) is 18.5 Å². The van der Waals surface area contributed by atoms with Crippen LogP contribution in [0.2, 0.25) is 0 Å². The van der Waals surface area contributed by atoms with Crippen LogP contribution in [-0.4, -0.2) is 57.8 Å². The summed E-state index contributed by atoms with van der Waals surface area (Å²) in [4.78, 5) is 9.18. The van der Waals surface area contributed by atoms with Gasteiger partial charge in [-0.05, 0) is 71.3 Å². The second-order valence-electron chi connectivity index (χ2n) is 10.6. The van der Waals surface area contributed by atoms with Gasteiger partial charge in [0.05, 0.1) is 41.8 Å². The number of hydrogen-bond acceptors (Lipinski definition) is 9. The Kier molecular flexibility index (Phi) is 6.61. The lowest BCUT2D eigenvalue weighted by molar-refractivity contribution is 0.00578. The molecule has 5 rings (SSSR count). The standard InChI is InChI=1S/C26H34BN5O4/c1-16-7-8-21(32-31-16)17(2)30-24-20-13-18(27-35-25(3,4)26(5,6)36-27)14-22(23(20)28-15-29-24)34-19-9-11-33-12-10-19/h7-8,13-15,17,19H,9-12H2,1-6H3,(H,28,29,30)/t17-/m1/s1. The van der Waals surface area contributed by atoms with Gasteiger partial charge in [0.25, 0.3) is 0 Å². The molecule has 3 aromatic rings. The number of fused-ring (bicyclic) bond motifs is 1. The van der Waals surface area contributed by atoms with E-state index >= 15 is 0 Å². The zero-order chi connectivity index (χ0) is 25.5. The Morgan fingerprint density at radius 3 is 2.42 bits per heavy atom. The van der Waals surface area contributed by atoms with Crippen LogP contribution < -0.4 is 15.5 Å². The van der Waals surface area contributed by atoms with E-state index in [0.717, 1.165) is 40.6 Å². The second kappa shape index (κ2) is 9.57. The topological polar surface area (TPSA) is 101 Å². The molecule has 10 heteroatoms. The Balaban J connectivity index is 1.55. The van der Waals surface area contributed by atoms with Gasteiger partial charge in [-0.1, -0.05) is 0 Å². The number of ether oxygens (including phenoxy) is 2. The van der Waals surface area contributed by atoms with Crippen LogP contribution in [0.1, 0.15) is 64.9 Å². The SMILES string of the molecule is Cc1ccc([C@@H](C)Nc2ncnc3c(OC4CCOCC4)cc(B4OC(C)(C)C(C)(C)O4)cc23)nn1. The lowest BCUT2D eigenvalue weighted by atomic mass is 9.78. The van der Waals surface area contributed by atoms with Gasteiger partial charge in [-0.3, -0.25) is 0 Å².